The monoisotopic (exact) mass is 491 g/mol. The molecule has 1 amide bonds. The van der Waals surface area contributed by atoms with Crippen molar-refractivity contribution in [1.82, 2.24) is 15.5 Å². The van der Waals surface area contributed by atoms with Gasteiger partial charge < -0.3 is 20.9 Å². The molecule has 152 valence electrons. The number of carbonyl (C=O) groups excluding carboxylic acids is 1. The van der Waals surface area contributed by atoms with Crippen molar-refractivity contribution in [2.45, 2.75) is 45.7 Å². The standard InChI is InChI=1S/C19H30FN5O.HI/c1-4-21-19(24-17-9-11-25(12-10-17)14(2)3)22-13-18(26)23-16-7-5-15(20)6-8-16;/h5-8,14,17H,4,9-13H2,1-3H3,(H,23,26)(H2,21,22,24);1H. The highest BCUT2D eigenvalue weighted by atomic mass is 127. The predicted molar refractivity (Wildman–Crippen MR) is 119 cm³/mol. The summed E-state index contributed by atoms with van der Waals surface area (Å²) in [4.78, 5) is 18.9. The molecule has 6 nitrogen and oxygen atoms in total. The Balaban J connectivity index is 0.00000364. The van der Waals surface area contributed by atoms with Crippen molar-refractivity contribution in [3.05, 3.63) is 30.1 Å². The average molecular weight is 491 g/mol. The van der Waals surface area contributed by atoms with Crippen LogP contribution in [0.2, 0.25) is 0 Å². The van der Waals surface area contributed by atoms with E-state index in [2.05, 4.69) is 39.7 Å². The van der Waals surface area contributed by atoms with Crippen LogP contribution in [-0.2, 0) is 4.79 Å². The first-order valence-electron chi connectivity index (χ1n) is 9.32. The summed E-state index contributed by atoms with van der Waals surface area (Å²) in [7, 11) is 0. The molecule has 0 radical (unpaired) electrons. The topological polar surface area (TPSA) is 68.8 Å². The maximum absolute atomic E-state index is 12.9. The van der Waals surface area contributed by atoms with Crippen LogP contribution in [-0.4, -0.2) is 55.0 Å². The number of aliphatic imine (C=N–C) groups is 1. The van der Waals surface area contributed by atoms with Gasteiger partial charge in [-0.25, -0.2) is 9.38 Å². The van der Waals surface area contributed by atoms with Gasteiger partial charge in [0.05, 0.1) is 0 Å². The number of halogens is 2. The molecule has 0 spiro atoms. The van der Waals surface area contributed by atoms with E-state index in [0.717, 1.165) is 32.5 Å². The van der Waals surface area contributed by atoms with Gasteiger partial charge in [-0.2, -0.15) is 0 Å². The summed E-state index contributed by atoms with van der Waals surface area (Å²) in [6, 6.07) is 6.63. The Kier molecular flexibility index (Phi) is 10.6. The molecule has 1 aromatic rings. The van der Waals surface area contributed by atoms with Crippen LogP contribution in [0.4, 0.5) is 10.1 Å². The molecule has 0 bridgehead atoms. The second-order valence-electron chi connectivity index (χ2n) is 6.80. The van der Waals surface area contributed by atoms with Gasteiger partial charge >= 0.3 is 0 Å². The van der Waals surface area contributed by atoms with E-state index < -0.39 is 0 Å². The number of carbonyl (C=O) groups is 1. The zero-order valence-electron chi connectivity index (χ0n) is 16.3. The molecule has 1 saturated heterocycles. The molecule has 1 heterocycles. The Morgan fingerprint density at radius 2 is 1.89 bits per heavy atom. The first-order chi connectivity index (χ1) is 12.5. The highest BCUT2D eigenvalue weighted by Gasteiger charge is 2.21. The van der Waals surface area contributed by atoms with E-state index in [1.165, 1.54) is 24.3 Å². The van der Waals surface area contributed by atoms with Crippen molar-refractivity contribution in [3.8, 4) is 0 Å². The minimum atomic E-state index is -0.330. The van der Waals surface area contributed by atoms with Gasteiger partial charge in [-0.3, -0.25) is 4.79 Å². The lowest BCUT2D eigenvalue weighted by Gasteiger charge is -2.35. The Morgan fingerprint density at radius 1 is 1.26 bits per heavy atom. The van der Waals surface area contributed by atoms with E-state index in [9.17, 15) is 9.18 Å². The SMILES string of the molecule is CCNC(=NCC(=O)Nc1ccc(F)cc1)NC1CCN(C(C)C)CC1.I. The summed E-state index contributed by atoms with van der Waals surface area (Å²) in [5, 5.41) is 9.33. The summed E-state index contributed by atoms with van der Waals surface area (Å²) >= 11 is 0. The van der Waals surface area contributed by atoms with E-state index in [4.69, 9.17) is 0 Å². The summed E-state index contributed by atoms with van der Waals surface area (Å²) < 4.78 is 12.9. The number of rotatable bonds is 6. The number of hydrogen-bond acceptors (Lipinski definition) is 3. The lowest BCUT2D eigenvalue weighted by Crippen LogP contribution is -2.50. The number of guanidine groups is 1. The third-order valence-electron chi connectivity index (χ3n) is 4.45. The first-order valence-corrected chi connectivity index (χ1v) is 9.32. The summed E-state index contributed by atoms with van der Waals surface area (Å²) in [6.07, 6.45) is 2.12. The van der Waals surface area contributed by atoms with E-state index in [1.54, 1.807) is 0 Å². The van der Waals surface area contributed by atoms with Crippen molar-refractivity contribution in [1.29, 1.82) is 0 Å². The fraction of sp³-hybridized carbons (Fsp3) is 0.579. The number of piperidine rings is 1. The van der Waals surface area contributed by atoms with Crippen molar-refractivity contribution < 1.29 is 9.18 Å². The molecule has 1 aliphatic rings. The summed E-state index contributed by atoms with van der Waals surface area (Å²) in [5.74, 6) is 0.0938. The van der Waals surface area contributed by atoms with Crippen LogP contribution < -0.4 is 16.0 Å². The number of nitrogens with one attached hydrogen (secondary N) is 3. The number of likely N-dealkylation sites (tertiary alicyclic amines) is 1. The Hall–Kier alpha value is -1.42. The third kappa shape index (κ3) is 8.42. The number of anilines is 1. The largest absolute Gasteiger partial charge is 0.357 e. The van der Waals surface area contributed by atoms with Gasteiger partial charge in [0.25, 0.3) is 0 Å². The molecule has 1 aromatic carbocycles. The van der Waals surface area contributed by atoms with Crippen LogP contribution >= 0.6 is 24.0 Å². The van der Waals surface area contributed by atoms with Crippen molar-refractivity contribution in [3.63, 3.8) is 0 Å². The molecule has 3 N–H and O–H groups in total. The highest BCUT2D eigenvalue weighted by Crippen LogP contribution is 2.13. The van der Waals surface area contributed by atoms with Gasteiger partial charge in [0.15, 0.2) is 5.96 Å². The molecule has 0 saturated carbocycles. The van der Waals surface area contributed by atoms with Crippen molar-refractivity contribution >= 4 is 41.5 Å². The second-order valence-corrected chi connectivity index (χ2v) is 6.80. The summed E-state index contributed by atoms with van der Waals surface area (Å²) in [6.45, 7) is 9.32. The molecule has 0 atom stereocenters. The molecule has 1 aliphatic heterocycles. The van der Waals surface area contributed by atoms with Gasteiger partial charge in [-0.05, 0) is 57.9 Å². The molecule has 0 aromatic heterocycles. The van der Waals surface area contributed by atoms with E-state index in [-0.39, 0.29) is 42.2 Å². The number of nitrogens with zero attached hydrogens (tertiary/aromatic N) is 2. The number of amides is 1. The van der Waals surface area contributed by atoms with Gasteiger partial charge in [-0.15, -0.1) is 24.0 Å². The quantitative estimate of drug-likeness (QED) is 0.325. The van der Waals surface area contributed by atoms with Crippen molar-refractivity contribution in [2.24, 2.45) is 4.99 Å². The predicted octanol–water partition coefficient (Wildman–Crippen LogP) is 2.81. The van der Waals surface area contributed by atoms with Gasteiger partial charge in [-0.1, -0.05) is 0 Å². The zero-order valence-corrected chi connectivity index (χ0v) is 18.6. The number of hydrogen-bond donors (Lipinski definition) is 3. The van der Waals surface area contributed by atoms with E-state index in [0.29, 0.717) is 23.7 Å². The fourth-order valence-corrected chi connectivity index (χ4v) is 2.96. The second kappa shape index (κ2) is 12.1. The minimum Gasteiger partial charge on any atom is -0.357 e. The van der Waals surface area contributed by atoms with Crippen LogP contribution in [0.3, 0.4) is 0 Å². The van der Waals surface area contributed by atoms with Gasteiger partial charge in [0.1, 0.15) is 12.4 Å². The first kappa shape index (κ1) is 23.6. The van der Waals surface area contributed by atoms with Gasteiger partial charge in [0, 0.05) is 37.4 Å². The van der Waals surface area contributed by atoms with Crippen LogP contribution in [0.25, 0.3) is 0 Å². The van der Waals surface area contributed by atoms with E-state index >= 15 is 0 Å². The zero-order chi connectivity index (χ0) is 18.9. The maximum Gasteiger partial charge on any atom is 0.246 e. The van der Waals surface area contributed by atoms with Crippen LogP contribution in [0.15, 0.2) is 29.3 Å². The molecule has 0 aliphatic carbocycles. The van der Waals surface area contributed by atoms with E-state index in [1.807, 2.05) is 6.92 Å². The minimum absolute atomic E-state index is 0. The highest BCUT2D eigenvalue weighted by molar-refractivity contribution is 14.0. The van der Waals surface area contributed by atoms with Gasteiger partial charge in [0.2, 0.25) is 5.91 Å². The molecular weight excluding hydrogens is 460 g/mol. The number of benzene rings is 1. The Morgan fingerprint density at radius 3 is 2.44 bits per heavy atom. The lowest BCUT2D eigenvalue weighted by molar-refractivity contribution is -0.114. The Labute approximate surface area is 178 Å². The van der Waals surface area contributed by atoms with Crippen molar-refractivity contribution in [2.75, 3.05) is 31.5 Å². The molecule has 1 fully saturated rings. The molecule has 8 heteroatoms. The third-order valence-corrected chi connectivity index (χ3v) is 4.45. The average Bonchev–Trinajstić information content (AvgIpc) is 2.62. The van der Waals surface area contributed by atoms with Crippen LogP contribution in [0.1, 0.15) is 33.6 Å². The molecule has 27 heavy (non-hydrogen) atoms. The summed E-state index contributed by atoms with van der Waals surface area (Å²) in [5.41, 5.74) is 0.561. The normalized spacial score (nSPS) is 16.0. The molecule has 0 unspecified atom stereocenters. The molecule has 2 rings (SSSR count). The lowest BCUT2D eigenvalue weighted by atomic mass is 10.0. The smallest absolute Gasteiger partial charge is 0.246 e. The Bertz CT molecular complexity index is 601. The van der Waals surface area contributed by atoms with Crippen LogP contribution in [0.5, 0.6) is 0 Å². The van der Waals surface area contributed by atoms with Crippen LogP contribution in [0, 0.1) is 5.82 Å². The maximum atomic E-state index is 12.9. The fourth-order valence-electron chi connectivity index (χ4n) is 2.96. The molecular formula is C19H31FIN5O.